The minimum atomic E-state index is -0.898. The minimum absolute atomic E-state index is 0.0564. The Labute approximate surface area is 173 Å². The van der Waals surface area contributed by atoms with Crippen molar-refractivity contribution in [3.63, 3.8) is 0 Å². The van der Waals surface area contributed by atoms with Gasteiger partial charge in [0.15, 0.2) is 0 Å². The summed E-state index contributed by atoms with van der Waals surface area (Å²) in [6, 6.07) is 5.96. The van der Waals surface area contributed by atoms with E-state index in [1.807, 2.05) is 21.1 Å². The van der Waals surface area contributed by atoms with Gasteiger partial charge in [0.2, 0.25) is 5.91 Å². The Kier molecular flexibility index (Phi) is 11.5. The van der Waals surface area contributed by atoms with Crippen molar-refractivity contribution in [1.82, 2.24) is 5.32 Å². The molecule has 0 heterocycles. The van der Waals surface area contributed by atoms with Crippen molar-refractivity contribution in [2.75, 3.05) is 34.3 Å². The molecular formula is C22H36FN2O4+. The Hall–Kier alpha value is -1.99. The van der Waals surface area contributed by atoms with Crippen molar-refractivity contribution in [2.24, 2.45) is 0 Å². The number of nitrogens with zero attached hydrogens (tertiary/aromatic N) is 1. The molecule has 0 bridgehead atoms. The molecule has 1 atom stereocenters. The van der Waals surface area contributed by atoms with Gasteiger partial charge in [0, 0.05) is 13.0 Å². The number of halogens is 1. The predicted molar refractivity (Wildman–Crippen MR) is 111 cm³/mol. The van der Waals surface area contributed by atoms with Gasteiger partial charge in [-0.3, -0.25) is 9.59 Å². The third-order valence-corrected chi connectivity index (χ3v) is 4.43. The molecule has 1 unspecified atom stereocenters. The first-order valence-electron chi connectivity index (χ1n) is 10.3. The van der Waals surface area contributed by atoms with Crippen LogP contribution in [0.1, 0.15) is 50.5 Å². The largest absolute Gasteiger partial charge is 0.481 e. The molecule has 1 aromatic rings. The highest BCUT2D eigenvalue weighted by Crippen LogP contribution is 2.08. The summed E-state index contributed by atoms with van der Waals surface area (Å²) in [5.74, 6) is -1.22. The van der Waals surface area contributed by atoms with Gasteiger partial charge in [-0.2, -0.15) is 0 Å². The number of nitrogens with one attached hydrogen (secondary N) is 1. The van der Waals surface area contributed by atoms with Crippen molar-refractivity contribution in [3.05, 3.63) is 35.6 Å². The third kappa shape index (κ3) is 13.8. The molecule has 164 valence electrons. The number of ether oxygens (including phenoxy) is 1. The van der Waals surface area contributed by atoms with Crippen molar-refractivity contribution in [1.29, 1.82) is 0 Å². The lowest BCUT2D eigenvalue weighted by Crippen LogP contribution is -2.49. The maximum Gasteiger partial charge on any atom is 0.305 e. The van der Waals surface area contributed by atoms with E-state index in [9.17, 15) is 14.0 Å². The molecule has 2 N–H and O–H groups in total. The predicted octanol–water partition coefficient (Wildman–Crippen LogP) is 3.35. The first-order chi connectivity index (χ1) is 13.7. The molecule has 1 rings (SSSR count). The molecule has 0 aliphatic heterocycles. The van der Waals surface area contributed by atoms with Crippen LogP contribution in [0.25, 0.3) is 0 Å². The van der Waals surface area contributed by atoms with Gasteiger partial charge in [-0.25, -0.2) is 4.39 Å². The van der Waals surface area contributed by atoms with Gasteiger partial charge in [0.25, 0.3) is 0 Å². The first-order valence-corrected chi connectivity index (χ1v) is 10.3. The lowest BCUT2D eigenvalue weighted by molar-refractivity contribution is -0.871. The van der Waals surface area contributed by atoms with E-state index in [2.05, 4.69) is 5.32 Å². The Morgan fingerprint density at radius 3 is 2.31 bits per heavy atom. The van der Waals surface area contributed by atoms with E-state index >= 15 is 0 Å². The van der Waals surface area contributed by atoms with E-state index < -0.39 is 5.97 Å². The molecule has 0 aromatic heterocycles. The zero-order valence-corrected chi connectivity index (χ0v) is 18.0. The molecule has 0 radical (unpaired) electrons. The Morgan fingerprint density at radius 1 is 1.07 bits per heavy atom. The second-order valence-electron chi connectivity index (χ2n) is 8.53. The van der Waals surface area contributed by atoms with E-state index in [4.69, 9.17) is 9.84 Å². The molecule has 1 amide bonds. The standard InChI is InChI=1S/C22H35FN2O4/c1-25(2,3)16-20(15-22(27)28)24-21(26)9-7-5-4-6-8-14-29-17-18-10-12-19(23)13-11-18/h10-13,20H,4-9,14-17H2,1-3H3,(H-,24,26,27,28)/p+1. The van der Waals surface area contributed by atoms with Crippen molar-refractivity contribution in [3.8, 4) is 0 Å². The SMILES string of the molecule is C[N+](C)(C)CC(CC(=O)O)NC(=O)CCCCCCCOCc1ccc(F)cc1. The summed E-state index contributed by atoms with van der Waals surface area (Å²) in [4.78, 5) is 23.1. The smallest absolute Gasteiger partial charge is 0.305 e. The molecule has 0 aliphatic rings. The summed E-state index contributed by atoms with van der Waals surface area (Å²) < 4.78 is 19.0. The van der Waals surface area contributed by atoms with Crippen LogP contribution in [-0.2, 0) is 20.9 Å². The number of carbonyl (C=O) groups excluding carboxylic acids is 1. The number of aliphatic carboxylic acids is 1. The van der Waals surface area contributed by atoms with Crippen LogP contribution in [0.15, 0.2) is 24.3 Å². The molecule has 1 aromatic carbocycles. The molecule has 6 nitrogen and oxygen atoms in total. The van der Waals surface area contributed by atoms with Gasteiger partial charge >= 0.3 is 5.97 Å². The number of likely N-dealkylation sites (N-methyl/N-ethyl adjacent to an activating group) is 1. The summed E-state index contributed by atoms with van der Waals surface area (Å²) >= 11 is 0. The van der Waals surface area contributed by atoms with Gasteiger partial charge in [0.05, 0.1) is 46.8 Å². The molecule has 0 fully saturated rings. The fraction of sp³-hybridized carbons (Fsp3) is 0.636. The lowest BCUT2D eigenvalue weighted by Gasteiger charge is -2.29. The van der Waals surface area contributed by atoms with Gasteiger partial charge in [-0.15, -0.1) is 0 Å². The van der Waals surface area contributed by atoms with E-state index in [-0.39, 0.29) is 24.2 Å². The molecule has 0 spiro atoms. The molecule has 0 saturated heterocycles. The van der Waals surface area contributed by atoms with Crippen LogP contribution >= 0.6 is 0 Å². The highest BCUT2D eigenvalue weighted by atomic mass is 19.1. The Balaban J connectivity index is 2.07. The van der Waals surface area contributed by atoms with Crippen LogP contribution in [0.2, 0.25) is 0 Å². The molecular weight excluding hydrogens is 375 g/mol. The quantitative estimate of drug-likeness (QED) is 0.343. The van der Waals surface area contributed by atoms with Crippen LogP contribution in [0.3, 0.4) is 0 Å². The summed E-state index contributed by atoms with van der Waals surface area (Å²) in [6.45, 7) is 1.74. The average molecular weight is 412 g/mol. The Morgan fingerprint density at radius 2 is 1.69 bits per heavy atom. The second kappa shape index (κ2) is 13.3. The van der Waals surface area contributed by atoms with Crippen molar-refractivity contribution >= 4 is 11.9 Å². The van der Waals surface area contributed by atoms with E-state index in [0.29, 0.717) is 30.7 Å². The van der Waals surface area contributed by atoms with Crippen LogP contribution < -0.4 is 5.32 Å². The summed E-state index contributed by atoms with van der Waals surface area (Å²) in [6.07, 6.45) is 5.15. The highest BCUT2D eigenvalue weighted by molar-refractivity contribution is 5.77. The zero-order valence-electron chi connectivity index (χ0n) is 18.0. The van der Waals surface area contributed by atoms with Crippen molar-refractivity contribution in [2.45, 2.75) is 57.6 Å². The van der Waals surface area contributed by atoms with Crippen LogP contribution in [0.5, 0.6) is 0 Å². The van der Waals surface area contributed by atoms with E-state index in [0.717, 1.165) is 37.7 Å². The number of benzene rings is 1. The molecule has 0 aliphatic carbocycles. The fourth-order valence-corrected chi connectivity index (χ4v) is 3.12. The van der Waals surface area contributed by atoms with E-state index in [1.54, 1.807) is 12.1 Å². The fourth-order valence-electron chi connectivity index (χ4n) is 3.12. The topological polar surface area (TPSA) is 75.6 Å². The van der Waals surface area contributed by atoms with Crippen molar-refractivity contribution < 1.29 is 28.3 Å². The second-order valence-corrected chi connectivity index (χ2v) is 8.53. The number of unbranched alkanes of at least 4 members (excludes halogenated alkanes) is 4. The zero-order chi connectivity index (χ0) is 21.7. The monoisotopic (exact) mass is 411 g/mol. The van der Waals surface area contributed by atoms with Gasteiger partial charge in [-0.05, 0) is 30.5 Å². The average Bonchev–Trinajstić information content (AvgIpc) is 2.59. The lowest BCUT2D eigenvalue weighted by atomic mass is 10.1. The molecule has 0 saturated carbocycles. The Bertz CT molecular complexity index is 614. The van der Waals surface area contributed by atoms with Gasteiger partial charge in [-0.1, -0.05) is 31.4 Å². The maximum absolute atomic E-state index is 12.8. The molecule has 29 heavy (non-hydrogen) atoms. The number of hydrogen-bond acceptors (Lipinski definition) is 3. The first kappa shape index (κ1) is 25.0. The number of rotatable bonds is 15. The minimum Gasteiger partial charge on any atom is -0.481 e. The maximum atomic E-state index is 12.8. The third-order valence-electron chi connectivity index (χ3n) is 4.43. The number of carboxylic acids is 1. The molecule has 7 heteroatoms. The van der Waals surface area contributed by atoms with E-state index in [1.165, 1.54) is 12.1 Å². The van der Waals surface area contributed by atoms with Crippen LogP contribution in [0.4, 0.5) is 4.39 Å². The van der Waals surface area contributed by atoms with Crippen LogP contribution in [0, 0.1) is 5.82 Å². The number of quaternary nitrogens is 1. The van der Waals surface area contributed by atoms with Gasteiger partial charge in [0.1, 0.15) is 5.82 Å². The normalized spacial score (nSPS) is 12.6. The highest BCUT2D eigenvalue weighted by Gasteiger charge is 2.22. The van der Waals surface area contributed by atoms with Gasteiger partial charge < -0.3 is 19.6 Å². The summed E-state index contributed by atoms with van der Waals surface area (Å²) in [7, 11) is 5.93. The summed E-state index contributed by atoms with van der Waals surface area (Å²) in [5.41, 5.74) is 0.962. The number of amides is 1. The number of carbonyl (C=O) groups is 2. The van der Waals surface area contributed by atoms with Crippen LogP contribution in [-0.4, -0.2) is 61.8 Å². The number of hydrogen-bond donors (Lipinski definition) is 2. The summed E-state index contributed by atoms with van der Waals surface area (Å²) in [5, 5.41) is 11.9. The number of carboxylic acid groups (broad SMARTS) is 1.